The minimum Gasteiger partial charge on any atom is -0.505 e. The molecule has 5 nitrogen and oxygen atoms in total. The number of carbonyl (C=O) groups excluding carboxylic acids is 1. The highest BCUT2D eigenvalue weighted by molar-refractivity contribution is 5.85. The van der Waals surface area contributed by atoms with Gasteiger partial charge in [-0.1, -0.05) is 5.16 Å². The highest BCUT2D eigenvalue weighted by atomic mass is 19.1. The summed E-state index contributed by atoms with van der Waals surface area (Å²) >= 11 is 0. The van der Waals surface area contributed by atoms with Crippen LogP contribution >= 0.6 is 0 Å². The number of rotatable bonds is 3. The van der Waals surface area contributed by atoms with Gasteiger partial charge in [-0.25, -0.2) is 4.39 Å². The Hall–Kier alpha value is -2.11. The monoisotopic (exact) mass is 239 g/mol. The van der Waals surface area contributed by atoms with E-state index in [1.807, 2.05) is 0 Å². The fraction of sp³-hybridized carbons (Fsp3) is 0.273. The molecule has 0 bridgehead atoms. The summed E-state index contributed by atoms with van der Waals surface area (Å²) in [7, 11) is 0. The first-order valence-corrected chi connectivity index (χ1v) is 5.04. The summed E-state index contributed by atoms with van der Waals surface area (Å²) in [4.78, 5) is 11.3. The van der Waals surface area contributed by atoms with Crippen molar-refractivity contribution in [2.24, 2.45) is 0 Å². The van der Waals surface area contributed by atoms with E-state index in [0.29, 0.717) is 11.1 Å². The van der Waals surface area contributed by atoms with E-state index in [0.717, 1.165) is 6.07 Å². The Kier molecular flexibility index (Phi) is 2.95. The van der Waals surface area contributed by atoms with Crippen LogP contribution in [0.5, 0.6) is 5.75 Å². The second kappa shape index (κ2) is 4.40. The molecule has 2 aromatic rings. The number of carbonyl (C=O) groups is 1. The highest BCUT2D eigenvalue weighted by Crippen LogP contribution is 2.26. The highest BCUT2D eigenvalue weighted by Gasteiger charge is 2.15. The molecule has 0 fully saturated rings. The zero-order valence-corrected chi connectivity index (χ0v) is 9.07. The van der Waals surface area contributed by atoms with Gasteiger partial charge in [0.25, 0.3) is 0 Å². The van der Waals surface area contributed by atoms with E-state index >= 15 is 0 Å². The quantitative estimate of drug-likeness (QED) is 0.826. The van der Waals surface area contributed by atoms with Gasteiger partial charge in [-0.15, -0.1) is 0 Å². The summed E-state index contributed by atoms with van der Waals surface area (Å²) in [6, 6.07) is 2.20. The lowest BCUT2D eigenvalue weighted by Gasteiger charge is -1.99. The van der Waals surface area contributed by atoms with E-state index in [1.165, 1.54) is 6.07 Å². The zero-order valence-electron chi connectivity index (χ0n) is 9.07. The largest absolute Gasteiger partial charge is 0.505 e. The van der Waals surface area contributed by atoms with Gasteiger partial charge in [0, 0.05) is 11.5 Å². The number of nitrogens with zero attached hydrogens (tertiary/aromatic N) is 1. The molecule has 0 aliphatic rings. The Labute approximate surface area is 95.8 Å². The third-order valence-electron chi connectivity index (χ3n) is 2.23. The summed E-state index contributed by atoms with van der Waals surface area (Å²) in [6.07, 6.45) is -0.0775. The first-order chi connectivity index (χ1) is 8.11. The van der Waals surface area contributed by atoms with Gasteiger partial charge in [-0.05, 0) is 13.0 Å². The van der Waals surface area contributed by atoms with Gasteiger partial charge in [-0.2, -0.15) is 0 Å². The SMILES string of the molecule is CCOC(=O)Cc1noc2cc(F)c(O)cc12. The van der Waals surface area contributed by atoms with Crippen LogP contribution in [-0.2, 0) is 16.0 Å². The van der Waals surface area contributed by atoms with Crippen molar-refractivity contribution in [3.8, 4) is 5.75 Å². The van der Waals surface area contributed by atoms with E-state index in [2.05, 4.69) is 5.16 Å². The van der Waals surface area contributed by atoms with E-state index in [4.69, 9.17) is 9.26 Å². The van der Waals surface area contributed by atoms with Crippen LogP contribution in [0.2, 0.25) is 0 Å². The molecule has 1 N–H and O–H groups in total. The van der Waals surface area contributed by atoms with Gasteiger partial charge in [0.15, 0.2) is 17.1 Å². The Balaban J connectivity index is 2.36. The summed E-state index contributed by atoms with van der Waals surface area (Å²) < 4.78 is 22.6. The van der Waals surface area contributed by atoms with Crippen molar-refractivity contribution < 1.29 is 23.6 Å². The minimum atomic E-state index is -0.795. The lowest BCUT2D eigenvalue weighted by atomic mass is 10.1. The molecule has 0 saturated carbocycles. The van der Waals surface area contributed by atoms with E-state index in [1.54, 1.807) is 6.92 Å². The second-order valence-corrected chi connectivity index (χ2v) is 3.41. The van der Waals surface area contributed by atoms with Gasteiger partial charge < -0.3 is 14.4 Å². The molecule has 1 aromatic carbocycles. The van der Waals surface area contributed by atoms with E-state index in [9.17, 15) is 14.3 Å². The normalized spacial score (nSPS) is 10.7. The Morgan fingerprint density at radius 1 is 1.59 bits per heavy atom. The van der Waals surface area contributed by atoms with Crippen LogP contribution in [0.15, 0.2) is 16.7 Å². The van der Waals surface area contributed by atoms with Crippen molar-refractivity contribution in [2.45, 2.75) is 13.3 Å². The lowest BCUT2D eigenvalue weighted by molar-refractivity contribution is -0.142. The van der Waals surface area contributed by atoms with Crippen LogP contribution in [0, 0.1) is 5.82 Å². The number of ether oxygens (including phenoxy) is 1. The molecular formula is C11H10FNO4. The molecule has 0 radical (unpaired) electrons. The summed E-state index contributed by atoms with van der Waals surface area (Å²) in [5.74, 6) is -1.76. The third kappa shape index (κ3) is 2.20. The Morgan fingerprint density at radius 3 is 3.06 bits per heavy atom. The number of phenolic OH excluding ortho intramolecular Hbond substituents is 1. The van der Waals surface area contributed by atoms with E-state index in [-0.39, 0.29) is 18.6 Å². The third-order valence-corrected chi connectivity index (χ3v) is 2.23. The average Bonchev–Trinajstić information content (AvgIpc) is 2.63. The Morgan fingerprint density at radius 2 is 2.35 bits per heavy atom. The molecule has 90 valence electrons. The van der Waals surface area contributed by atoms with Crippen LogP contribution in [0.3, 0.4) is 0 Å². The smallest absolute Gasteiger partial charge is 0.312 e. The molecular weight excluding hydrogens is 229 g/mol. The number of phenols is 1. The molecule has 0 aliphatic heterocycles. The molecule has 0 unspecified atom stereocenters. The summed E-state index contributed by atoms with van der Waals surface area (Å²) in [5, 5.41) is 13.3. The lowest BCUT2D eigenvalue weighted by Crippen LogP contribution is -2.07. The number of aromatic nitrogens is 1. The van der Waals surface area contributed by atoms with Crippen LogP contribution in [0.4, 0.5) is 4.39 Å². The van der Waals surface area contributed by atoms with Crippen LogP contribution in [0.1, 0.15) is 12.6 Å². The molecule has 0 atom stereocenters. The van der Waals surface area contributed by atoms with Gasteiger partial charge in [0.05, 0.1) is 13.0 Å². The van der Waals surface area contributed by atoms with Crippen molar-refractivity contribution in [1.82, 2.24) is 5.16 Å². The first kappa shape index (κ1) is 11.4. The molecule has 6 heteroatoms. The number of halogens is 1. The number of esters is 1. The van der Waals surface area contributed by atoms with E-state index < -0.39 is 17.5 Å². The molecule has 1 heterocycles. The maximum atomic E-state index is 13.0. The molecule has 0 saturated heterocycles. The number of aromatic hydroxyl groups is 1. The van der Waals surface area contributed by atoms with Gasteiger partial charge in [0.2, 0.25) is 0 Å². The van der Waals surface area contributed by atoms with Gasteiger partial charge in [0.1, 0.15) is 5.69 Å². The fourth-order valence-corrected chi connectivity index (χ4v) is 1.47. The standard InChI is InChI=1S/C11H10FNO4/c1-2-16-11(15)5-8-6-3-9(14)7(12)4-10(6)17-13-8/h3-4,14H,2,5H2,1H3. The van der Waals surface area contributed by atoms with Crippen LogP contribution < -0.4 is 0 Å². The van der Waals surface area contributed by atoms with Crippen molar-refractivity contribution in [3.05, 3.63) is 23.6 Å². The molecule has 0 aliphatic carbocycles. The van der Waals surface area contributed by atoms with Gasteiger partial charge in [-0.3, -0.25) is 4.79 Å². The number of benzene rings is 1. The molecule has 0 spiro atoms. The maximum Gasteiger partial charge on any atom is 0.312 e. The number of hydrogen-bond acceptors (Lipinski definition) is 5. The minimum absolute atomic E-state index is 0.0775. The molecule has 0 amide bonds. The fourth-order valence-electron chi connectivity index (χ4n) is 1.47. The topological polar surface area (TPSA) is 72.6 Å². The van der Waals surface area contributed by atoms with Crippen molar-refractivity contribution in [2.75, 3.05) is 6.61 Å². The van der Waals surface area contributed by atoms with Crippen LogP contribution in [0.25, 0.3) is 11.0 Å². The molecule has 2 rings (SSSR count). The number of fused-ring (bicyclic) bond motifs is 1. The Bertz CT molecular complexity index is 564. The van der Waals surface area contributed by atoms with Gasteiger partial charge >= 0.3 is 5.97 Å². The molecule has 17 heavy (non-hydrogen) atoms. The summed E-state index contributed by atoms with van der Waals surface area (Å²) in [6.45, 7) is 1.97. The summed E-state index contributed by atoms with van der Waals surface area (Å²) in [5.41, 5.74) is 0.494. The zero-order chi connectivity index (χ0) is 12.4. The van der Waals surface area contributed by atoms with Crippen molar-refractivity contribution in [1.29, 1.82) is 0 Å². The van der Waals surface area contributed by atoms with Crippen molar-refractivity contribution >= 4 is 16.9 Å². The average molecular weight is 239 g/mol. The first-order valence-electron chi connectivity index (χ1n) is 5.04. The van der Waals surface area contributed by atoms with Crippen LogP contribution in [-0.4, -0.2) is 22.8 Å². The number of hydrogen-bond donors (Lipinski definition) is 1. The predicted molar refractivity (Wildman–Crippen MR) is 56.0 cm³/mol. The predicted octanol–water partition coefficient (Wildman–Crippen LogP) is 1.78. The second-order valence-electron chi connectivity index (χ2n) is 3.41. The molecule has 1 aromatic heterocycles. The van der Waals surface area contributed by atoms with Crippen molar-refractivity contribution in [3.63, 3.8) is 0 Å². The maximum absolute atomic E-state index is 13.0.